The van der Waals surface area contributed by atoms with E-state index in [0.717, 1.165) is 4.47 Å². The maximum Gasteiger partial charge on any atom is 0.0598 e. The third-order valence-corrected chi connectivity index (χ3v) is 2.84. The van der Waals surface area contributed by atoms with Crippen molar-refractivity contribution in [2.45, 2.75) is 31.8 Å². The molecule has 3 N–H and O–H groups in total. The SMILES string of the molecule is CC(C)(O)CC(CN)c1cccc(Br)c1. The van der Waals surface area contributed by atoms with E-state index >= 15 is 0 Å². The van der Waals surface area contributed by atoms with Crippen LogP contribution in [0, 0.1) is 0 Å². The van der Waals surface area contributed by atoms with Crippen LogP contribution in [-0.4, -0.2) is 17.3 Å². The number of rotatable bonds is 4. The Morgan fingerprint density at radius 1 is 1.47 bits per heavy atom. The van der Waals surface area contributed by atoms with Crippen molar-refractivity contribution < 1.29 is 5.11 Å². The smallest absolute Gasteiger partial charge is 0.0598 e. The standard InChI is InChI=1S/C12H18BrNO/c1-12(2,15)7-10(8-14)9-4-3-5-11(13)6-9/h3-6,10,15H,7-8,14H2,1-2H3. The molecule has 0 fully saturated rings. The van der Waals surface area contributed by atoms with E-state index in [0.29, 0.717) is 13.0 Å². The van der Waals surface area contributed by atoms with E-state index in [9.17, 15) is 5.11 Å². The molecule has 0 heterocycles. The molecule has 3 heteroatoms. The van der Waals surface area contributed by atoms with E-state index in [4.69, 9.17) is 5.73 Å². The summed E-state index contributed by atoms with van der Waals surface area (Å²) in [5.74, 6) is 0.211. The van der Waals surface area contributed by atoms with Crippen LogP contribution >= 0.6 is 15.9 Å². The molecule has 1 unspecified atom stereocenters. The van der Waals surface area contributed by atoms with Crippen molar-refractivity contribution in [3.63, 3.8) is 0 Å². The van der Waals surface area contributed by atoms with Crippen LogP contribution in [0.5, 0.6) is 0 Å². The molecule has 2 nitrogen and oxygen atoms in total. The Morgan fingerprint density at radius 2 is 2.13 bits per heavy atom. The van der Waals surface area contributed by atoms with Crippen LogP contribution in [0.4, 0.5) is 0 Å². The summed E-state index contributed by atoms with van der Waals surface area (Å²) in [5, 5.41) is 9.78. The molecular formula is C12H18BrNO. The summed E-state index contributed by atoms with van der Waals surface area (Å²) in [5.41, 5.74) is 6.24. The topological polar surface area (TPSA) is 46.2 Å². The average molecular weight is 272 g/mol. The molecule has 1 aromatic carbocycles. The quantitative estimate of drug-likeness (QED) is 0.885. The molecular weight excluding hydrogens is 254 g/mol. The Bertz CT molecular complexity index is 320. The third-order valence-electron chi connectivity index (χ3n) is 2.35. The lowest BCUT2D eigenvalue weighted by atomic mass is 9.88. The van der Waals surface area contributed by atoms with Crippen molar-refractivity contribution in [1.82, 2.24) is 0 Å². The normalized spacial score (nSPS) is 13.9. The molecule has 15 heavy (non-hydrogen) atoms. The molecule has 0 radical (unpaired) electrons. The van der Waals surface area contributed by atoms with E-state index in [1.807, 2.05) is 32.0 Å². The maximum absolute atomic E-state index is 9.78. The van der Waals surface area contributed by atoms with Gasteiger partial charge in [-0.25, -0.2) is 0 Å². The minimum atomic E-state index is -0.674. The highest BCUT2D eigenvalue weighted by Crippen LogP contribution is 2.26. The summed E-state index contributed by atoms with van der Waals surface area (Å²) in [6.07, 6.45) is 0.681. The van der Waals surface area contributed by atoms with Gasteiger partial charge in [-0.05, 0) is 50.4 Å². The van der Waals surface area contributed by atoms with Gasteiger partial charge in [0.25, 0.3) is 0 Å². The molecule has 0 aliphatic heterocycles. The van der Waals surface area contributed by atoms with E-state index < -0.39 is 5.60 Å². The summed E-state index contributed by atoms with van der Waals surface area (Å²) < 4.78 is 1.05. The van der Waals surface area contributed by atoms with Crippen LogP contribution < -0.4 is 5.73 Å². The first kappa shape index (κ1) is 12.7. The van der Waals surface area contributed by atoms with E-state index in [-0.39, 0.29) is 5.92 Å². The van der Waals surface area contributed by atoms with Crippen LogP contribution in [0.25, 0.3) is 0 Å². The molecule has 1 aromatic rings. The lowest BCUT2D eigenvalue weighted by Crippen LogP contribution is -2.26. The molecule has 0 aliphatic rings. The van der Waals surface area contributed by atoms with Crippen molar-refractivity contribution in [2.75, 3.05) is 6.54 Å². The zero-order chi connectivity index (χ0) is 11.5. The van der Waals surface area contributed by atoms with Crippen molar-refractivity contribution in [3.05, 3.63) is 34.3 Å². The first-order valence-corrected chi connectivity index (χ1v) is 5.89. The van der Waals surface area contributed by atoms with Crippen molar-refractivity contribution in [2.24, 2.45) is 5.73 Å². The van der Waals surface area contributed by atoms with Gasteiger partial charge in [0.15, 0.2) is 0 Å². The summed E-state index contributed by atoms with van der Waals surface area (Å²) >= 11 is 3.44. The number of hydrogen-bond donors (Lipinski definition) is 2. The van der Waals surface area contributed by atoms with Gasteiger partial charge in [-0.1, -0.05) is 28.1 Å². The largest absolute Gasteiger partial charge is 0.390 e. The number of nitrogens with two attached hydrogens (primary N) is 1. The van der Waals surface area contributed by atoms with Crippen LogP contribution in [0.1, 0.15) is 31.7 Å². The molecule has 84 valence electrons. The summed E-state index contributed by atoms with van der Waals surface area (Å²) in [6.45, 7) is 4.18. The number of aliphatic hydroxyl groups is 1. The summed E-state index contributed by atoms with van der Waals surface area (Å²) in [4.78, 5) is 0. The lowest BCUT2D eigenvalue weighted by molar-refractivity contribution is 0.0637. The fourth-order valence-corrected chi connectivity index (χ4v) is 2.12. The highest BCUT2D eigenvalue weighted by Gasteiger charge is 2.20. The van der Waals surface area contributed by atoms with E-state index in [2.05, 4.69) is 22.0 Å². The van der Waals surface area contributed by atoms with Gasteiger partial charge in [-0.3, -0.25) is 0 Å². The lowest BCUT2D eigenvalue weighted by Gasteiger charge is -2.24. The van der Waals surface area contributed by atoms with Gasteiger partial charge < -0.3 is 10.8 Å². The van der Waals surface area contributed by atoms with Gasteiger partial charge in [-0.15, -0.1) is 0 Å². The molecule has 0 amide bonds. The molecule has 0 saturated carbocycles. The highest BCUT2D eigenvalue weighted by molar-refractivity contribution is 9.10. The number of hydrogen-bond acceptors (Lipinski definition) is 2. The summed E-state index contributed by atoms with van der Waals surface area (Å²) in [7, 11) is 0. The Balaban J connectivity index is 2.83. The third kappa shape index (κ3) is 4.33. The van der Waals surface area contributed by atoms with Crippen molar-refractivity contribution >= 4 is 15.9 Å². The summed E-state index contributed by atoms with van der Waals surface area (Å²) in [6, 6.07) is 8.09. The monoisotopic (exact) mass is 271 g/mol. The number of halogens is 1. The number of benzene rings is 1. The molecule has 1 rings (SSSR count). The predicted octanol–water partition coefficient (Wildman–Crippen LogP) is 2.65. The Kier molecular flexibility index (Phi) is 4.32. The second-order valence-corrected chi connectivity index (χ2v) is 5.42. The first-order valence-electron chi connectivity index (χ1n) is 5.10. The van der Waals surface area contributed by atoms with Crippen LogP contribution in [0.15, 0.2) is 28.7 Å². The Morgan fingerprint density at radius 3 is 2.60 bits per heavy atom. The Hall–Kier alpha value is -0.380. The van der Waals surface area contributed by atoms with Crippen molar-refractivity contribution in [3.8, 4) is 0 Å². The molecule has 0 aromatic heterocycles. The molecule has 0 saturated heterocycles. The van der Waals surface area contributed by atoms with Crippen molar-refractivity contribution in [1.29, 1.82) is 0 Å². The zero-order valence-corrected chi connectivity index (χ0v) is 10.8. The molecule has 1 atom stereocenters. The van der Waals surface area contributed by atoms with Gasteiger partial charge in [0.05, 0.1) is 5.60 Å². The second kappa shape index (κ2) is 5.10. The minimum absolute atomic E-state index is 0.211. The molecule has 0 bridgehead atoms. The van der Waals surface area contributed by atoms with E-state index in [1.165, 1.54) is 5.56 Å². The molecule has 0 spiro atoms. The van der Waals surface area contributed by atoms with Gasteiger partial charge in [-0.2, -0.15) is 0 Å². The maximum atomic E-state index is 9.78. The van der Waals surface area contributed by atoms with Crippen LogP contribution in [0.2, 0.25) is 0 Å². The molecule has 0 aliphatic carbocycles. The fourth-order valence-electron chi connectivity index (χ4n) is 1.70. The van der Waals surface area contributed by atoms with Crippen LogP contribution in [0.3, 0.4) is 0 Å². The second-order valence-electron chi connectivity index (χ2n) is 4.50. The average Bonchev–Trinajstić information content (AvgIpc) is 2.13. The first-order chi connectivity index (χ1) is 6.92. The van der Waals surface area contributed by atoms with Gasteiger partial charge in [0.2, 0.25) is 0 Å². The van der Waals surface area contributed by atoms with Gasteiger partial charge >= 0.3 is 0 Å². The van der Waals surface area contributed by atoms with Gasteiger partial charge in [0.1, 0.15) is 0 Å². The minimum Gasteiger partial charge on any atom is -0.390 e. The van der Waals surface area contributed by atoms with Gasteiger partial charge in [0, 0.05) is 4.47 Å². The van der Waals surface area contributed by atoms with Crippen LogP contribution in [-0.2, 0) is 0 Å². The zero-order valence-electron chi connectivity index (χ0n) is 9.20. The highest BCUT2D eigenvalue weighted by atomic mass is 79.9. The fraction of sp³-hybridized carbons (Fsp3) is 0.500. The Labute approximate surface area is 99.6 Å². The van der Waals surface area contributed by atoms with E-state index in [1.54, 1.807) is 0 Å². The predicted molar refractivity (Wildman–Crippen MR) is 66.9 cm³/mol.